The van der Waals surface area contributed by atoms with Gasteiger partial charge in [0, 0.05) is 22.4 Å². The zero-order valence-corrected chi connectivity index (χ0v) is 17.4. The van der Waals surface area contributed by atoms with Crippen LogP contribution in [-0.2, 0) is 17.6 Å². The number of nitrogens with zero attached hydrogens (tertiary/aromatic N) is 1. The van der Waals surface area contributed by atoms with Crippen molar-refractivity contribution in [2.45, 2.75) is 32.6 Å². The molecule has 0 atom stereocenters. The normalized spacial score (nSPS) is 12.9. The Bertz CT molecular complexity index is 1270. The van der Waals surface area contributed by atoms with Gasteiger partial charge in [0.2, 0.25) is 0 Å². The van der Waals surface area contributed by atoms with Crippen LogP contribution in [0.15, 0.2) is 33.5 Å². The van der Waals surface area contributed by atoms with E-state index in [-0.39, 0.29) is 28.8 Å². The van der Waals surface area contributed by atoms with E-state index in [2.05, 4.69) is 5.32 Å². The molecule has 9 nitrogen and oxygen atoms in total. The summed E-state index contributed by atoms with van der Waals surface area (Å²) in [5, 5.41) is 14.2. The second-order valence-electron chi connectivity index (χ2n) is 7.02. The van der Waals surface area contributed by atoms with Gasteiger partial charge in [0.05, 0.1) is 17.1 Å². The average Bonchev–Trinajstić information content (AvgIpc) is 3.10. The molecular formula is C21H18N2O7S. The number of esters is 1. The Balaban J connectivity index is 1.73. The lowest BCUT2D eigenvalue weighted by atomic mass is 9.95. The van der Waals surface area contributed by atoms with Gasteiger partial charge in [-0.2, -0.15) is 0 Å². The van der Waals surface area contributed by atoms with Gasteiger partial charge in [-0.05, 0) is 50.3 Å². The molecule has 1 aromatic carbocycles. The minimum absolute atomic E-state index is 0.131. The van der Waals surface area contributed by atoms with Crippen molar-refractivity contribution in [3.05, 3.63) is 66.4 Å². The predicted molar refractivity (Wildman–Crippen MR) is 114 cm³/mol. The Morgan fingerprint density at radius 2 is 2.03 bits per heavy atom. The molecule has 3 aromatic rings. The van der Waals surface area contributed by atoms with Crippen molar-refractivity contribution >= 4 is 44.9 Å². The first-order chi connectivity index (χ1) is 14.9. The van der Waals surface area contributed by atoms with Gasteiger partial charge in [0.1, 0.15) is 16.1 Å². The number of aryl methyl sites for hydroxylation is 1. The molecule has 1 aliphatic rings. The topological polar surface area (TPSA) is 129 Å². The van der Waals surface area contributed by atoms with Gasteiger partial charge in [-0.15, -0.1) is 11.3 Å². The number of nitro benzene ring substituents is 1. The molecule has 1 amide bonds. The van der Waals surface area contributed by atoms with Crippen molar-refractivity contribution in [2.75, 3.05) is 11.9 Å². The highest BCUT2D eigenvalue weighted by Gasteiger charge is 2.28. The van der Waals surface area contributed by atoms with Gasteiger partial charge < -0.3 is 14.5 Å². The first kappa shape index (κ1) is 20.7. The number of benzene rings is 1. The molecule has 2 heterocycles. The molecule has 10 heteroatoms. The molecule has 160 valence electrons. The highest BCUT2D eigenvalue weighted by molar-refractivity contribution is 7.17. The van der Waals surface area contributed by atoms with Gasteiger partial charge in [-0.1, -0.05) is 0 Å². The Morgan fingerprint density at radius 3 is 2.77 bits per heavy atom. The number of nitrogens with one attached hydrogen (secondary N) is 1. The molecule has 0 bridgehead atoms. The summed E-state index contributed by atoms with van der Waals surface area (Å²) in [5.41, 5.74) is -0.0388. The van der Waals surface area contributed by atoms with Gasteiger partial charge in [0.25, 0.3) is 11.6 Å². The fraction of sp³-hybridized carbons (Fsp3) is 0.286. The molecule has 1 N–H and O–H groups in total. The Labute approximate surface area is 179 Å². The molecule has 1 aliphatic carbocycles. The number of hydrogen-bond acceptors (Lipinski definition) is 8. The molecule has 0 saturated carbocycles. The second kappa shape index (κ2) is 8.31. The summed E-state index contributed by atoms with van der Waals surface area (Å²) in [6.45, 7) is 1.90. The van der Waals surface area contributed by atoms with Crippen LogP contribution in [0.3, 0.4) is 0 Å². The number of rotatable bonds is 5. The van der Waals surface area contributed by atoms with Crippen LogP contribution in [-0.4, -0.2) is 23.4 Å². The van der Waals surface area contributed by atoms with Crippen molar-refractivity contribution in [2.24, 2.45) is 0 Å². The second-order valence-corrected chi connectivity index (χ2v) is 8.12. The number of anilines is 1. The lowest BCUT2D eigenvalue weighted by molar-refractivity contribution is -0.384. The number of hydrogen-bond donors (Lipinski definition) is 1. The Kier molecular flexibility index (Phi) is 5.55. The lowest BCUT2D eigenvalue weighted by Gasteiger charge is -2.12. The number of amides is 1. The molecule has 4 rings (SSSR count). The zero-order valence-electron chi connectivity index (χ0n) is 16.6. The van der Waals surface area contributed by atoms with E-state index in [4.69, 9.17) is 9.15 Å². The van der Waals surface area contributed by atoms with Crippen molar-refractivity contribution in [1.82, 2.24) is 0 Å². The lowest BCUT2D eigenvalue weighted by Crippen LogP contribution is -2.21. The number of carbonyl (C=O) groups excluding carboxylic acids is 2. The third-order valence-corrected chi connectivity index (χ3v) is 6.26. The van der Waals surface area contributed by atoms with Gasteiger partial charge in [-0.25, -0.2) is 9.59 Å². The van der Waals surface area contributed by atoms with Crippen LogP contribution in [0.4, 0.5) is 10.7 Å². The summed E-state index contributed by atoms with van der Waals surface area (Å²) in [6, 6.07) is 5.00. The van der Waals surface area contributed by atoms with E-state index >= 15 is 0 Å². The van der Waals surface area contributed by atoms with E-state index in [9.17, 15) is 24.5 Å². The third-order valence-electron chi connectivity index (χ3n) is 5.05. The molecule has 0 fully saturated rings. The Hall–Kier alpha value is -3.53. The summed E-state index contributed by atoms with van der Waals surface area (Å²) < 4.78 is 10.3. The minimum atomic E-state index is -0.877. The molecule has 31 heavy (non-hydrogen) atoms. The smallest absolute Gasteiger partial charge is 0.349 e. The third kappa shape index (κ3) is 3.93. The Morgan fingerprint density at radius 1 is 1.26 bits per heavy atom. The number of thiophene rings is 1. The number of nitro groups is 1. The van der Waals surface area contributed by atoms with Crippen LogP contribution >= 0.6 is 11.3 Å². The van der Waals surface area contributed by atoms with Crippen LogP contribution in [0, 0.1) is 10.1 Å². The fourth-order valence-corrected chi connectivity index (χ4v) is 4.90. The van der Waals surface area contributed by atoms with Gasteiger partial charge in [0.15, 0.2) is 0 Å². The summed E-state index contributed by atoms with van der Waals surface area (Å²) in [5.74, 6) is -1.27. The van der Waals surface area contributed by atoms with Crippen LogP contribution in [0.2, 0.25) is 0 Å². The average molecular weight is 442 g/mol. The van der Waals surface area contributed by atoms with Crippen LogP contribution in [0.5, 0.6) is 0 Å². The zero-order chi connectivity index (χ0) is 22.1. The maximum Gasteiger partial charge on any atom is 0.349 e. The van der Waals surface area contributed by atoms with E-state index in [0.29, 0.717) is 10.6 Å². The summed E-state index contributed by atoms with van der Waals surface area (Å²) in [7, 11) is 0. The van der Waals surface area contributed by atoms with Crippen molar-refractivity contribution in [3.63, 3.8) is 0 Å². The number of ether oxygens (including phenoxy) is 1. The molecule has 0 radical (unpaired) electrons. The predicted octanol–water partition coefficient (Wildman–Crippen LogP) is 4.07. The van der Waals surface area contributed by atoms with Crippen molar-refractivity contribution < 1.29 is 23.7 Å². The van der Waals surface area contributed by atoms with Crippen LogP contribution < -0.4 is 10.9 Å². The highest BCUT2D eigenvalue weighted by atomic mass is 32.1. The molecular weight excluding hydrogens is 424 g/mol. The maximum absolute atomic E-state index is 12.9. The number of non-ortho nitro benzene ring substituents is 1. The first-order valence-electron chi connectivity index (χ1n) is 9.74. The van der Waals surface area contributed by atoms with E-state index in [1.54, 1.807) is 6.92 Å². The molecule has 2 aromatic heterocycles. The number of carbonyl (C=O) groups is 2. The van der Waals surface area contributed by atoms with Crippen LogP contribution in [0.25, 0.3) is 11.0 Å². The molecule has 0 saturated heterocycles. The highest BCUT2D eigenvalue weighted by Crippen LogP contribution is 2.38. The van der Waals surface area contributed by atoms with E-state index in [1.165, 1.54) is 35.6 Å². The van der Waals surface area contributed by atoms with Gasteiger partial charge in [-0.3, -0.25) is 14.9 Å². The molecule has 0 unspecified atom stereocenters. The summed E-state index contributed by atoms with van der Waals surface area (Å²) in [6.07, 6.45) is 3.47. The monoisotopic (exact) mass is 442 g/mol. The van der Waals surface area contributed by atoms with Crippen molar-refractivity contribution in [3.8, 4) is 0 Å². The summed E-state index contributed by atoms with van der Waals surface area (Å²) >= 11 is 1.30. The maximum atomic E-state index is 12.9. The van der Waals surface area contributed by atoms with Crippen LogP contribution in [0.1, 0.15) is 50.9 Å². The standard InChI is InChI=1S/C21H18N2O7S/c1-2-29-21(26)17-13-5-3-4-6-16(13)31-19(17)22-18(24)14-10-11-9-12(23(27)28)7-8-15(11)30-20(14)25/h7-10H,2-6H2,1H3,(H,22,24). The number of fused-ring (bicyclic) bond motifs is 2. The van der Waals surface area contributed by atoms with E-state index in [0.717, 1.165) is 36.1 Å². The largest absolute Gasteiger partial charge is 0.462 e. The summed E-state index contributed by atoms with van der Waals surface area (Å²) in [4.78, 5) is 49.2. The van der Waals surface area contributed by atoms with E-state index in [1.807, 2.05) is 0 Å². The SMILES string of the molecule is CCOC(=O)c1c(NC(=O)c2cc3cc([N+](=O)[O-])ccc3oc2=O)sc2c1CCCC2. The van der Waals surface area contributed by atoms with E-state index < -0.39 is 22.4 Å². The quantitative estimate of drug-likeness (QED) is 0.273. The minimum Gasteiger partial charge on any atom is -0.462 e. The molecule has 0 spiro atoms. The first-order valence-corrected chi connectivity index (χ1v) is 10.6. The fourth-order valence-electron chi connectivity index (χ4n) is 3.63. The van der Waals surface area contributed by atoms with Gasteiger partial charge >= 0.3 is 11.6 Å². The van der Waals surface area contributed by atoms with Crippen molar-refractivity contribution in [1.29, 1.82) is 0 Å². The molecule has 0 aliphatic heterocycles.